The van der Waals surface area contributed by atoms with Gasteiger partial charge in [-0.2, -0.15) is 0 Å². The van der Waals surface area contributed by atoms with E-state index in [0.717, 1.165) is 6.42 Å². The van der Waals surface area contributed by atoms with Crippen LogP contribution in [0.2, 0.25) is 0 Å². The molecule has 1 aromatic rings. The maximum atomic E-state index is 12.0. The summed E-state index contributed by atoms with van der Waals surface area (Å²) in [6.07, 6.45) is 1.97. The summed E-state index contributed by atoms with van der Waals surface area (Å²) < 4.78 is 26.3. The normalized spacial score (nSPS) is 12.2. The molecule has 8 heteroatoms. The number of nitrogens with two attached hydrogens (primary N) is 1. The Morgan fingerprint density at radius 3 is 2.39 bits per heavy atom. The molecule has 1 amide bonds. The van der Waals surface area contributed by atoms with E-state index in [9.17, 15) is 13.2 Å². The molecule has 0 aromatic heterocycles. The highest BCUT2D eigenvalue weighted by Gasteiger charge is 2.16. The van der Waals surface area contributed by atoms with Crippen LogP contribution in [0.3, 0.4) is 0 Å². The topological polar surface area (TPSA) is 101 Å². The van der Waals surface area contributed by atoms with Crippen LogP contribution in [0, 0.1) is 6.92 Å². The Labute approximate surface area is 144 Å². The summed E-state index contributed by atoms with van der Waals surface area (Å²) in [5.74, 6) is -0.205. The lowest BCUT2D eigenvalue weighted by Gasteiger charge is -2.16. The highest BCUT2D eigenvalue weighted by atomic mass is 35.5. The van der Waals surface area contributed by atoms with Crippen LogP contribution in [0.4, 0.5) is 11.4 Å². The van der Waals surface area contributed by atoms with Crippen molar-refractivity contribution in [2.75, 3.05) is 15.8 Å². The Morgan fingerprint density at radius 2 is 1.83 bits per heavy atom. The molecule has 1 atom stereocenters. The molecule has 0 bridgehead atoms. The summed E-state index contributed by atoms with van der Waals surface area (Å²) in [7, 11) is -3.36. The third-order valence-corrected chi connectivity index (χ3v) is 4.74. The number of amides is 1. The maximum absolute atomic E-state index is 12.0. The van der Waals surface area contributed by atoms with Gasteiger partial charge in [-0.05, 0) is 37.5 Å². The van der Waals surface area contributed by atoms with Crippen molar-refractivity contribution in [3.05, 3.63) is 23.8 Å². The van der Waals surface area contributed by atoms with Gasteiger partial charge in [0.15, 0.2) is 0 Å². The number of benzene rings is 1. The van der Waals surface area contributed by atoms with E-state index >= 15 is 0 Å². The minimum atomic E-state index is -3.36. The summed E-state index contributed by atoms with van der Waals surface area (Å²) in [6.45, 7) is 5.52. The molecule has 4 N–H and O–H groups in total. The van der Waals surface area contributed by atoms with Gasteiger partial charge in [0.05, 0.1) is 17.5 Å². The van der Waals surface area contributed by atoms with Crippen molar-refractivity contribution in [3.8, 4) is 0 Å². The fraction of sp³-hybridized carbons (Fsp3) is 0.533. The van der Waals surface area contributed by atoms with Gasteiger partial charge in [0.25, 0.3) is 0 Å². The molecule has 0 aliphatic rings. The van der Waals surface area contributed by atoms with Gasteiger partial charge in [0, 0.05) is 5.69 Å². The average Bonchev–Trinajstić information content (AvgIpc) is 2.43. The van der Waals surface area contributed by atoms with E-state index < -0.39 is 16.1 Å². The largest absolute Gasteiger partial charge is 0.324 e. The lowest BCUT2D eigenvalue weighted by molar-refractivity contribution is -0.117. The summed E-state index contributed by atoms with van der Waals surface area (Å²) in [5, 5.41) is 2.75. The molecule has 132 valence electrons. The maximum Gasteiger partial charge on any atom is 0.241 e. The molecular formula is C15H26ClN3O3S. The molecule has 1 aromatic carbocycles. The third-order valence-electron chi connectivity index (χ3n) is 3.27. The molecule has 0 saturated heterocycles. The molecule has 0 aliphatic carbocycles. The van der Waals surface area contributed by atoms with Gasteiger partial charge < -0.3 is 11.1 Å². The van der Waals surface area contributed by atoms with Crippen molar-refractivity contribution >= 4 is 39.7 Å². The fourth-order valence-electron chi connectivity index (χ4n) is 2.04. The van der Waals surface area contributed by atoms with Crippen LogP contribution in [-0.2, 0) is 14.8 Å². The smallest absolute Gasteiger partial charge is 0.241 e. The first-order chi connectivity index (χ1) is 10.3. The number of hydrogen-bond acceptors (Lipinski definition) is 4. The predicted octanol–water partition coefficient (Wildman–Crippen LogP) is 2.63. The molecule has 0 spiro atoms. The van der Waals surface area contributed by atoms with Crippen LogP contribution in [-0.4, -0.2) is 26.1 Å². The highest BCUT2D eigenvalue weighted by molar-refractivity contribution is 7.92. The Hall–Kier alpha value is -1.31. The number of halogens is 1. The molecule has 1 rings (SSSR count). The van der Waals surface area contributed by atoms with Crippen LogP contribution < -0.4 is 15.8 Å². The van der Waals surface area contributed by atoms with Gasteiger partial charge >= 0.3 is 0 Å². The zero-order valence-corrected chi connectivity index (χ0v) is 15.4. The number of hydrogen-bond donors (Lipinski definition) is 3. The molecular weight excluding hydrogens is 338 g/mol. The van der Waals surface area contributed by atoms with Crippen LogP contribution in [0.15, 0.2) is 18.2 Å². The molecule has 0 aliphatic heterocycles. The summed E-state index contributed by atoms with van der Waals surface area (Å²) >= 11 is 0. The molecule has 0 saturated carbocycles. The van der Waals surface area contributed by atoms with E-state index in [1.54, 1.807) is 32.0 Å². The second-order valence-electron chi connectivity index (χ2n) is 5.28. The Balaban J connectivity index is 0.00000484. The van der Waals surface area contributed by atoms with E-state index in [2.05, 4.69) is 10.0 Å². The van der Waals surface area contributed by atoms with Crippen molar-refractivity contribution in [2.24, 2.45) is 5.73 Å². The number of sulfonamides is 1. The minimum absolute atomic E-state index is 0. The quantitative estimate of drug-likeness (QED) is 0.660. The van der Waals surface area contributed by atoms with Gasteiger partial charge in [-0.15, -0.1) is 12.4 Å². The van der Waals surface area contributed by atoms with E-state index in [-0.39, 0.29) is 24.1 Å². The number of carbonyl (C=O) groups is 1. The minimum Gasteiger partial charge on any atom is -0.324 e. The monoisotopic (exact) mass is 363 g/mol. The average molecular weight is 364 g/mol. The fourth-order valence-corrected chi connectivity index (χ4v) is 3.23. The van der Waals surface area contributed by atoms with Crippen molar-refractivity contribution in [3.63, 3.8) is 0 Å². The first kappa shape index (κ1) is 21.7. The van der Waals surface area contributed by atoms with Crippen LogP contribution in [0.25, 0.3) is 0 Å². The lowest BCUT2D eigenvalue weighted by Crippen LogP contribution is -2.35. The standard InChI is InChI=1S/C15H25N3O3S.ClH/c1-4-7-12(16)15(19)17-13-8-6-9-14(11(13)3)18-22(20,21)10-5-2;/h6,8-9,12,18H,4-5,7,10,16H2,1-3H3,(H,17,19);1H. The van der Waals surface area contributed by atoms with Gasteiger partial charge in [-0.1, -0.05) is 26.3 Å². The van der Waals surface area contributed by atoms with E-state index in [4.69, 9.17) is 5.73 Å². The van der Waals surface area contributed by atoms with Crippen LogP contribution >= 0.6 is 12.4 Å². The summed E-state index contributed by atoms with van der Waals surface area (Å²) in [6, 6.07) is 4.52. The Bertz CT molecular complexity index is 620. The Morgan fingerprint density at radius 1 is 1.22 bits per heavy atom. The van der Waals surface area contributed by atoms with E-state index in [1.807, 2.05) is 6.92 Å². The van der Waals surface area contributed by atoms with Crippen molar-refractivity contribution in [1.29, 1.82) is 0 Å². The molecule has 23 heavy (non-hydrogen) atoms. The predicted molar refractivity (Wildman–Crippen MR) is 97.6 cm³/mol. The zero-order chi connectivity index (χ0) is 16.8. The zero-order valence-electron chi connectivity index (χ0n) is 13.8. The number of nitrogens with one attached hydrogen (secondary N) is 2. The molecule has 0 radical (unpaired) electrons. The van der Waals surface area contributed by atoms with Gasteiger partial charge in [0.2, 0.25) is 15.9 Å². The van der Waals surface area contributed by atoms with Crippen molar-refractivity contribution < 1.29 is 13.2 Å². The van der Waals surface area contributed by atoms with E-state index in [0.29, 0.717) is 29.8 Å². The van der Waals surface area contributed by atoms with Crippen LogP contribution in [0.5, 0.6) is 0 Å². The van der Waals surface area contributed by atoms with Gasteiger partial charge in [-0.25, -0.2) is 8.42 Å². The SMILES string of the molecule is CCCC(N)C(=O)Nc1cccc(NS(=O)(=O)CCC)c1C.Cl. The van der Waals surface area contributed by atoms with Gasteiger partial charge in [-0.3, -0.25) is 9.52 Å². The second-order valence-corrected chi connectivity index (χ2v) is 7.13. The number of rotatable bonds is 8. The summed E-state index contributed by atoms with van der Waals surface area (Å²) in [5.41, 5.74) is 7.48. The first-order valence-electron chi connectivity index (χ1n) is 7.47. The Kier molecular flexibility index (Phi) is 9.19. The van der Waals surface area contributed by atoms with E-state index in [1.165, 1.54) is 0 Å². The number of carbonyl (C=O) groups excluding carboxylic acids is 1. The second kappa shape index (κ2) is 9.75. The lowest BCUT2D eigenvalue weighted by atomic mass is 10.1. The molecule has 0 heterocycles. The molecule has 0 fully saturated rings. The first-order valence-corrected chi connectivity index (χ1v) is 9.12. The molecule has 1 unspecified atom stereocenters. The van der Waals surface area contributed by atoms with Crippen molar-refractivity contribution in [1.82, 2.24) is 0 Å². The van der Waals surface area contributed by atoms with Crippen LogP contribution in [0.1, 0.15) is 38.7 Å². The number of anilines is 2. The van der Waals surface area contributed by atoms with Gasteiger partial charge in [0.1, 0.15) is 0 Å². The summed E-state index contributed by atoms with van der Waals surface area (Å²) in [4.78, 5) is 12.0. The molecule has 6 nitrogen and oxygen atoms in total. The third kappa shape index (κ3) is 6.76. The highest BCUT2D eigenvalue weighted by Crippen LogP contribution is 2.24. The van der Waals surface area contributed by atoms with Crippen molar-refractivity contribution in [2.45, 2.75) is 46.1 Å².